The number of rotatable bonds is 1. The molecule has 0 aliphatic heterocycles. The lowest BCUT2D eigenvalue weighted by Crippen LogP contribution is -1.93. The molecule has 0 radical (unpaired) electrons. The summed E-state index contributed by atoms with van der Waals surface area (Å²) < 4.78 is 2.24. The van der Waals surface area contributed by atoms with Crippen LogP contribution >= 0.6 is 0 Å². The third-order valence-electron chi connectivity index (χ3n) is 4.37. The van der Waals surface area contributed by atoms with Crippen LogP contribution in [0, 0.1) is 6.92 Å². The van der Waals surface area contributed by atoms with Crippen LogP contribution in [-0.2, 0) is 7.05 Å². The Hall–Kier alpha value is -2.54. The second-order valence-corrected chi connectivity index (χ2v) is 5.68. The van der Waals surface area contributed by atoms with Crippen LogP contribution in [0.5, 0.6) is 0 Å². The second-order valence-electron chi connectivity index (χ2n) is 5.68. The normalized spacial score (nSPS) is 11.3. The molecule has 102 valence electrons. The Morgan fingerprint density at radius 1 is 0.667 bits per heavy atom. The van der Waals surface area contributed by atoms with E-state index in [4.69, 9.17) is 0 Å². The first-order valence-electron chi connectivity index (χ1n) is 7.28. The van der Waals surface area contributed by atoms with E-state index in [1.165, 1.54) is 38.5 Å². The number of nitrogens with zero attached hydrogens (tertiary/aromatic N) is 1. The maximum absolute atomic E-state index is 2.29. The summed E-state index contributed by atoms with van der Waals surface area (Å²) in [6, 6.07) is 24.2. The number of benzene rings is 3. The molecule has 0 fully saturated rings. The lowest BCUT2D eigenvalue weighted by molar-refractivity contribution is 0.891. The Morgan fingerprint density at radius 3 is 2.00 bits per heavy atom. The van der Waals surface area contributed by atoms with E-state index < -0.39 is 0 Å². The van der Waals surface area contributed by atoms with Gasteiger partial charge in [-0.25, -0.2) is 0 Å². The Kier molecular flexibility index (Phi) is 2.61. The molecule has 4 aromatic rings. The first kappa shape index (κ1) is 12.2. The molecule has 1 heterocycles. The van der Waals surface area contributed by atoms with Crippen LogP contribution in [0.25, 0.3) is 32.8 Å². The summed E-state index contributed by atoms with van der Waals surface area (Å²) in [7, 11) is 2.12. The van der Waals surface area contributed by atoms with Gasteiger partial charge in [-0.2, -0.15) is 0 Å². The molecule has 1 aromatic heterocycles. The van der Waals surface area contributed by atoms with Crippen LogP contribution in [0.3, 0.4) is 0 Å². The van der Waals surface area contributed by atoms with Crippen LogP contribution in [0.1, 0.15) is 5.69 Å². The zero-order valence-electron chi connectivity index (χ0n) is 12.3. The van der Waals surface area contributed by atoms with Gasteiger partial charge in [-0.3, -0.25) is 0 Å². The molecule has 0 amide bonds. The Bertz CT molecular complexity index is 960. The highest BCUT2D eigenvalue weighted by Gasteiger charge is 2.05. The summed E-state index contributed by atoms with van der Waals surface area (Å²) in [4.78, 5) is 0. The highest BCUT2D eigenvalue weighted by atomic mass is 14.9. The molecule has 3 aromatic carbocycles. The third kappa shape index (κ3) is 1.93. The molecule has 0 saturated carbocycles. The summed E-state index contributed by atoms with van der Waals surface area (Å²) >= 11 is 0. The number of fused-ring (bicyclic) bond motifs is 2. The van der Waals surface area contributed by atoms with Crippen molar-refractivity contribution in [2.45, 2.75) is 6.92 Å². The molecule has 1 nitrogen and oxygen atoms in total. The Balaban J connectivity index is 1.97. The number of hydrogen-bond donors (Lipinski definition) is 0. The summed E-state index contributed by atoms with van der Waals surface area (Å²) in [5, 5.41) is 5.19. The van der Waals surface area contributed by atoms with Crippen LogP contribution in [-0.4, -0.2) is 4.57 Å². The Morgan fingerprint density at radius 2 is 1.33 bits per heavy atom. The van der Waals surface area contributed by atoms with Gasteiger partial charge in [-0.1, -0.05) is 36.4 Å². The lowest BCUT2D eigenvalue weighted by Gasteiger charge is -2.08. The lowest BCUT2D eigenvalue weighted by atomic mass is 10.0. The van der Waals surface area contributed by atoms with Crippen molar-refractivity contribution < 1.29 is 0 Å². The minimum absolute atomic E-state index is 1.27. The maximum Gasteiger partial charge on any atom is 0.0479 e. The van der Waals surface area contributed by atoms with Crippen molar-refractivity contribution >= 4 is 21.5 Å². The summed E-state index contributed by atoms with van der Waals surface area (Å²) in [6.45, 7) is 2.14. The van der Waals surface area contributed by atoms with Crippen molar-refractivity contribution in [3.63, 3.8) is 0 Å². The minimum Gasteiger partial charge on any atom is -0.348 e. The predicted octanol–water partition coefficient (Wildman–Crippen LogP) is 5.31. The Labute approximate surface area is 124 Å². The molecule has 21 heavy (non-hydrogen) atoms. The number of hydrogen-bond acceptors (Lipinski definition) is 0. The first-order valence-corrected chi connectivity index (χ1v) is 7.28. The van der Waals surface area contributed by atoms with E-state index in [1.54, 1.807) is 0 Å². The van der Waals surface area contributed by atoms with Crippen LogP contribution in [0.2, 0.25) is 0 Å². The van der Waals surface area contributed by atoms with Gasteiger partial charge in [0.25, 0.3) is 0 Å². The van der Waals surface area contributed by atoms with E-state index in [2.05, 4.69) is 85.3 Å². The van der Waals surface area contributed by atoms with Crippen LogP contribution in [0.4, 0.5) is 0 Å². The highest BCUT2D eigenvalue weighted by Crippen LogP contribution is 2.28. The standard InChI is InChI=1S/C20H17N/c1-14-7-10-20(21(14)2)18-9-8-17-11-15-5-3-4-6-16(15)12-19(17)13-18/h3-13H,1-2H3. The monoisotopic (exact) mass is 271 g/mol. The van der Waals surface area contributed by atoms with E-state index in [0.717, 1.165) is 0 Å². The topological polar surface area (TPSA) is 4.93 Å². The molecule has 0 unspecified atom stereocenters. The van der Waals surface area contributed by atoms with Gasteiger partial charge in [0.15, 0.2) is 0 Å². The van der Waals surface area contributed by atoms with E-state index in [0.29, 0.717) is 0 Å². The van der Waals surface area contributed by atoms with E-state index in [1.807, 2.05) is 0 Å². The van der Waals surface area contributed by atoms with E-state index >= 15 is 0 Å². The fourth-order valence-corrected chi connectivity index (χ4v) is 3.00. The average molecular weight is 271 g/mol. The zero-order chi connectivity index (χ0) is 14.4. The SMILES string of the molecule is Cc1ccc(-c2ccc3cc4ccccc4cc3c2)n1C. The highest BCUT2D eigenvalue weighted by molar-refractivity contribution is 5.99. The largest absolute Gasteiger partial charge is 0.348 e. The van der Waals surface area contributed by atoms with E-state index in [9.17, 15) is 0 Å². The van der Waals surface area contributed by atoms with Crippen molar-refractivity contribution in [1.82, 2.24) is 4.57 Å². The van der Waals surface area contributed by atoms with Crippen molar-refractivity contribution in [2.24, 2.45) is 7.05 Å². The van der Waals surface area contributed by atoms with Gasteiger partial charge in [0.2, 0.25) is 0 Å². The zero-order valence-corrected chi connectivity index (χ0v) is 12.3. The van der Waals surface area contributed by atoms with Gasteiger partial charge in [0.05, 0.1) is 0 Å². The smallest absolute Gasteiger partial charge is 0.0479 e. The van der Waals surface area contributed by atoms with Crippen LogP contribution < -0.4 is 0 Å². The molecule has 0 saturated heterocycles. The van der Waals surface area contributed by atoms with Crippen LogP contribution in [0.15, 0.2) is 66.7 Å². The molecule has 0 N–H and O–H groups in total. The van der Waals surface area contributed by atoms with Crippen molar-refractivity contribution in [2.75, 3.05) is 0 Å². The van der Waals surface area contributed by atoms with Crippen molar-refractivity contribution in [1.29, 1.82) is 0 Å². The van der Waals surface area contributed by atoms with Gasteiger partial charge >= 0.3 is 0 Å². The van der Waals surface area contributed by atoms with Crippen molar-refractivity contribution in [3.8, 4) is 11.3 Å². The number of aryl methyl sites for hydroxylation is 1. The molecule has 0 aliphatic rings. The molecule has 4 rings (SSSR count). The molecular formula is C20H17N. The molecule has 0 aliphatic carbocycles. The fourth-order valence-electron chi connectivity index (χ4n) is 3.00. The molecule has 1 heteroatoms. The van der Waals surface area contributed by atoms with E-state index in [-0.39, 0.29) is 0 Å². The molecule has 0 spiro atoms. The second kappa shape index (κ2) is 4.49. The van der Waals surface area contributed by atoms with Crippen molar-refractivity contribution in [3.05, 3.63) is 72.4 Å². The predicted molar refractivity (Wildman–Crippen MR) is 90.6 cm³/mol. The molecular weight excluding hydrogens is 254 g/mol. The molecule has 0 bridgehead atoms. The third-order valence-corrected chi connectivity index (χ3v) is 4.37. The fraction of sp³-hybridized carbons (Fsp3) is 0.100. The van der Waals surface area contributed by atoms with Gasteiger partial charge < -0.3 is 4.57 Å². The summed E-state index contributed by atoms with van der Waals surface area (Å²) in [5.74, 6) is 0. The van der Waals surface area contributed by atoms with Gasteiger partial charge in [0.1, 0.15) is 0 Å². The van der Waals surface area contributed by atoms with Gasteiger partial charge in [0, 0.05) is 18.4 Å². The average Bonchev–Trinajstić information content (AvgIpc) is 2.84. The minimum atomic E-state index is 1.27. The first-order chi connectivity index (χ1) is 10.2. The number of aromatic nitrogens is 1. The maximum atomic E-state index is 2.29. The summed E-state index contributed by atoms with van der Waals surface area (Å²) in [6.07, 6.45) is 0. The summed E-state index contributed by atoms with van der Waals surface area (Å²) in [5.41, 5.74) is 3.82. The van der Waals surface area contributed by atoms with Gasteiger partial charge in [-0.15, -0.1) is 0 Å². The van der Waals surface area contributed by atoms with Gasteiger partial charge in [-0.05, 0) is 64.4 Å². The quantitative estimate of drug-likeness (QED) is 0.414. The molecule has 0 atom stereocenters.